The summed E-state index contributed by atoms with van der Waals surface area (Å²) in [6, 6.07) is 3.01. The van der Waals surface area contributed by atoms with E-state index in [9.17, 15) is 16.8 Å². The first kappa shape index (κ1) is 17.2. The van der Waals surface area contributed by atoms with Crippen LogP contribution in [0.3, 0.4) is 0 Å². The van der Waals surface area contributed by atoms with Gasteiger partial charge in [-0.15, -0.1) is 0 Å². The highest BCUT2D eigenvalue weighted by atomic mass is 79.9. The van der Waals surface area contributed by atoms with E-state index in [1.54, 1.807) is 0 Å². The summed E-state index contributed by atoms with van der Waals surface area (Å²) in [5, 5.41) is 0. The molecule has 2 N–H and O–H groups in total. The topological polar surface area (TPSA) is 97.5 Å². The van der Waals surface area contributed by atoms with Crippen molar-refractivity contribution in [3.05, 3.63) is 21.1 Å². The largest absolute Gasteiger partial charge is 0.399 e. The number of halogens is 2. The Hall–Kier alpha value is -0.160. The standard InChI is InChI=1S/C11H14Br2N2O4S2/c12-9-6-8(14)7-10(13)11(9)21(18,19)15-2-1-4-20(16,17)5-3-15/h6-7H,1-5,14H2. The van der Waals surface area contributed by atoms with E-state index in [4.69, 9.17) is 5.73 Å². The second-order valence-corrected chi connectivity index (χ2v) is 10.6. The summed E-state index contributed by atoms with van der Waals surface area (Å²) >= 11 is 6.42. The fourth-order valence-electron chi connectivity index (χ4n) is 2.11. The Morgan fingerprint density at radius 2 is 1.67 bits per heavy atom. The van der Waals surface area contributed by atoms with E-state index in [0.717, 1.165) is 0 Å². The number of nitrogens with two attached hydrogens (primary N) is 1. The highest BCUT2D eigenvalue weighted by Crippen LogP contribution is 2.34. The lowest BCUT2D eigenvalue weighted by molar-refractivity contribution is 0.434. The Morgan fingerprint density at radius 3 is 2.24 bits per heavy atom. The van der Waals surface area contributed by atoms with Crippen molar-refractivity contribution in [3.8, 4) is 0 Å². The van der Waals surface area contributed by atoms with Crippen molar-refractivity contribution in [2.75, 3.05) is 30.3 Å². The molecule has 1 aromatic carbocycles. The van der Waals surface area contributed by atoms with Crippen molar-refractivity contribution in [3.63, 3.8) is 0 Å². The first-order valence-electron chi connectivity index (χ1n) is 6.08. The van der Waals surface area contributed by atoms with Crippen LogP contribution in [0, 0.1) is 0 Å². The van der Waals surface area contributed by atoms with Crippen LogP contribution in [-0.2, 0) is 19.9 Å². The number of hydrogen-bond donors (Lipinski definition) is 1. The fourth-order valence-corrected chi connectivity index (χ4v) is 7.52. The molecule has 1 heterocycles. The molecule has 2 rings (SSSR count). The minimum atomic E-state index is -3.79. The van der Waals surface area contributed by atoms with Crippen molar-refractivity contribution in [1.82, 2.24) is 4.31 Å². The summed E-state index contributed by atoms with van der Waals surface area (Å²) in [7, 11) is -6.97. The summed E-state index contributed by atoms with van der Waals surface area (Å²) in [5.41, 5.74) is 6.09. The number of anilines is 1. The Morgan fingerprint density at radius 1 is 1.10 bits per heavy atom. The maximum Gasteiger partial charge on any atom is 0.245 e. The van der Waals surface area contributed by atoms with Crippen molar-refractivity contribution < 1.29 is 16.8 Å². The lowest BCUT2D eigenvalue weighted by Gasteiger charge is -2.21. The number of sulfonamides is 1. The minimum absolute atomic E-state index is 0.0170. The Bertz CT molecular complexity index is 739. The number of sulfone groups is 1. The minimum Gasteiger partial charge on any atom is -0.399 e. The molecule has 1 aliphatic rings. The molecule has 0 spiro atoms. The van der Waals surface area contributed by atoms with Crippen LogP contribution in [0.15, 0.2) is 26.0 Å². The molecule has 0 unspecified atom stereocenters. The number of nitrogens with zero attached hydrogens (tertiary/aromatic N) is 1. The van der Waals surface area contributed by atoms with Gasteiger partial charge in [-0.1, -0.05) is 0 Å². The average molecular weight is 462 g/mol. The molecular weight excluding hydrogens is 448 g/mol. The normalized spacial score (nSPS) is 20.1. The van der Waals surface area contributed by atoms with Crippen LogP contribution in [0.1, 0.15) is 6.42 Å². The second-order valence-electron chi connectivity index (χ2n) is 4.72. The Kier molecular flexibility index (Phi) is 5.04. The van der Waals surface area contributed by atoms with Gasteiger partial charge in [0.2, 0.25) is 10.0 Å². The highest BCUT2D eigenvalue weighted by molar-refractivity contribution is 9.11. The molecular formula is C11H14Br2N2O4S2. The van der Waals surface area contributed by atoms with E-state index in [-0.39, 0.29) is 29.5 Å². The molecule has 10 heteroatoms. The van der Waals surface area contributed by atoms with Crippen LogP contribution in [0.4, 0.5) is 5.69 Å². The molecule has 0 bridgehead atoms. The van der Waals surface area contributed by atoms with E-state index < -0.39 is 19.9 Å². The Labute approximate surface area is 140 Å². The van der Waals surface area contributed by atoms with Gasteiger partial charge in [-0.3, -0.25) is 0 Å². The SMILES string of the molecule is Nc1cc(Br)c(S(=O)(=O)N2CCCS(=O)(=O)CC2)c(Br)c1. The van der Waals surface area contributed by atoms with Gasteiger partial charge in [0.1, 0.15) is 4.90 Å². The summed E-state index contributed by atoms with van der Waals surface area (Å²) in [6.45, 7) is 0.152. The van der Waals surface area contributed by atoms with E-state index in [0.29, 0.717) is 21.1 Å². The number of rotatable bonds is 2. The van der Waals surface area contributed by atoms with Gasteiger partial charge >= 0.3 is 0 Å². The van der Waals surface area contributed by atoms with Crippen LogP contribution in [0.25, 0.3) is 0 Å². The smallest absolute Gasteiger partial charge is 0.245 e. The maximum atomic E-state index is 12.7. The van der Waals surface area contributed by atoms with Crippen molar-refractivity contribution in [2.24, 2.45) is 0 Å². The van der Waals surface area contributed by atoms with Gasteiger partial charge in [0.15, 0.2) is 9.84 Å². The number of benzene rings is 1. The molecule has 0 radical (unpaired) electrons. The monoisotopic (exact) mass is 460 g/mol. The van der Waals surface area contributed by atoms with Crippen LogP contribution >= 0.6 is 31.9 Å². The molecule has 118 valence electrons. The van der Waals surface area contributed by atoms with Crippen LogP contribution in [-0.4, -0.2) is 45.7 Å². The van der Waals surface area contributed by atoms with E-state index >= 15 is 0 Å². The maximum absolute atomic E-state index is 12.7. The third-order valence-electron chi connectivity index (χ3n) is 3.13. The molecule has 0 amide bonds. The predicted octanol–water partition coefficient (Wildman–Crippen LogP) is 1.60. The molecule has 6 nitrogen and oxygen atoms in total. The zero-order chi connectivity index (χ0) is 15.8. The summed E-state index contributed by atoms with van der Waals surface area (Å²) in [4.78, 5) is 0.0657. The third kappa shape index (κ3) is 3.79. The lowest BCUT2D eigenvalue weighted by Crippen LogP contribution is -2.34. The van der Waals surface area contributed by atoms with Gasteiger partial charge in [0.25, 0.3) is 0 Å². The van der Waals surface area contributed by atoms with Crippen molar-refractivity contribution in [1.29, 1.82) is 0 Å². The van der Waals surface area contributed by atoms with Crippen LogP contribution in [0.5, 0.6) is 0 Å². The number of hydrogen-bond acceptors (Lipinski definition) is 5. The molecule has 0 aliphatic carbocycles. The van der Waals surface area contributed by atoms with Crippen LogP contribution in [0.2, 0.25) is 0 Å². The fraction of sp³-hybridized carbons (Fsp3) is 0.455. The van der Waals surface area contributed by atoms with Crippen molar-refractivity contribution in [2.45, 2.75) is 11.3 Å². The first-order chi connectivity index (χ1) is 9.63. The molecule has 1 fully saturated rings. The van der Waals surface area contributed by atoms with Gasteiger partial charge in [-0.05, 0) is 50.4 Å². The molecule has 0 atom stereocenters. The van der Waals surface area contributed by atoms with E-state index in [1.165, 1.54) is 16.4 Å². The lowest BCUT2D eigenvalue weighted by atomic mass is 10.3. The van der Waals surface area contributed by atoms with Gasteiger partial charge in [-0.25, -0.2) is 16.8 Å². The quantitative estimate of drug-likeness (QED) is 0.674. The van der Waals surface area contributed by atoms with E-state index in [1.807, 2.05) is 0 Å². The molecule has 21 heavy (non-hydrogen) atoms. The Balaban J connectivity index is 2.43. The van der Waals surface area contributed by atoms with Crippen LogP contribution < -0.4 is 5.73 Å². The molecule has 1 aliphatic heterocycles. The van der Waals surface area contributed by atoms with Gasteiger partial charge in [0, 0.05) is 27.7 Å². The molecule has 1 aromatic rings. The average Bonchev–Trinajstić information content (AvgIpc) is 2.48. The third-order valence-corrected chi connectivity index (χ3v) is 8.62. The second kappa shape index (κ2) is 6.15. The van der Waals surface area contributed by atoms with Crippen molar-refractivity contribution >= 4 is 57.4 Å². The molecule has 0 saturated carbocycles. The summed E-state index contributed by atoms with van der Waals surface area (Å²) in [6.07, 6.45) is 0.297. The predicted molar refractivity (Wildman–Crippen MR) is 88.3 cm³/mol. The van der Waals surface area contributed by atoms with E-state index in [2.05, 4.69) is 31.9 Å². The molecule has 0 aromatic heterocycles. The summed E-state index contributed by atoms with van der Waals surface area (Å²) < 4.78 is 50.6. The first-order valence-corrected chi connectivity index (χ1v) is 10.9. The number of nitrogen functional groups attached to an aromatic ring is 1. The molecule has 1 saturated heterocycles. The van der Waals surface area contributed by atoms with Gasteiger partial charge in [-0.2, -0.15) is 4.31 Å². The van der Waals surface area contributed by atoms with Gasteiger partial charge in [0.05, 0.1) is 11.5 Å². The highest BCUT2D eigenvalue weighted by Gasteiger charge is 2.32. The zero-order valence-electron chi connectivity index (χ0n) is 10.9. The van der Waals surface area contributed by atoms with Gasteiger partial charge < -0.3 is 5.73 Å². The zero-order valence-corrected chi connectivity index (χ0v) is 15.7. The summed E-state index contributed by atoms with van der Waals surface area (Å²) in [5.74, 6) is -0.139.